The van der Waals surface area contributed by atoms with Gasteiger partial charge in [0.2, 0.25) is 0 Å². The molecule has 0 heterocycles. The molecule has 0 atom stereocenters. The molecule has 0 fully saturated rings. The molecule has 1 rings (SSSR count). The van der Waals surface area contributed by atoms with Gasteiger partial charge in [-0.2, -0.15) is 8.42 Å². The third kappa shape index (κ3) is 6.94. The van der Waals surface area contributed by atoms with E-state index in [1.54, 1.807) is 7.85 Å². The first-order valence-electron chi connectivity index (χ1n) is 9.78. The van der Waals surface area contributed by atoms with E-state index in [9.17, 15) is 27.9 Å². The summed E-state index contributed by atoms with van der Waals surface area (Å²) in [5, 5.41) is 9.82. The Bertz CT molecular complexity index is 1040. The van der Waals surface area contributed by atoms with Crippen molar-refractivity contribution in [3.8, 4) is 12.0 Å². The Labute approximate surface area is 184 Å². The average molecular weight is 446 g/mol. The fourth-order valence-corrected chi connectivity index (χ4v) is 3.80. The van der Waals surface area contributed by atoms with Crippen LogP contribution in [-0.2, 0) is 49.7 Å². The average Bonchev–Trinajstić information content (AvgIpc) is 2.69. The molecule has 31 heavy (non-hydrogen) atoms. The van der Waals surface area contributed by atoms with Crippen molar-refractivity contribution in [2.75, 3.05) is 12.4 Å². The second-order valence-electron chi connectivity index (χ2n) is 6.42. The summed E-state index contributed by atoms with van der Waals surface area (Å²) in [5.74, 6) is -2.37. The number of carbonyl (C=O) groups is 3. The van der Waals surface area contributed by atoms with Crippen LogP contribution >= 0.6 is 0 Å². The second-order valence-corrected chi connectivity index (χ2v) is 7.99. The lowest BCUT2D eigenvalue weighted by molar-refractivity contribution is -0.136. The van der Waals surface area contributed by atoms with Crippen LogP contribution in [0.4, 0.5) is 0 Å². The van der Waals surface area contributed by atoms with Crippen molar-refractivity contribution in [1.82, 2.24) is 0 Å². The summed E-state index contributed by atoms with van der Waals surface area (Å²) in [6.07, 6.45) is 3.90. The fraction of sp³-hybridized carbons (Fsp3) is 0.353. The number of esters is 2. The molecule has 0 bridgehead atoms. The minimum atomic E-state index is -4.30. The molecule has 2 N–H and O–H groups in total. The van der Waals surface area contributed by atoms with Crippen LogP contribution in [0.3, 0.4) is 0 Å². The molecule has 0 aliphatic rings. The number of aromatic carboxylic acids is 1. The number of rotatable bonds is 9. The molecule has 9 nitrogen and oxygen atoms in total. The SMILES string of the molecule is BCc1c(CB)c(CB)c(C(=O)OC#CC(=O)OCCS(=O)(=O)O)c(C(=O)O)c1CB. The summed E-state index contributed by atoms with van der Waals surface area (Å²) >= 11 is 0. The predicted molar refractivity (Wildman–Crippen MR) is 123 cm³/mol. The summed E-state index contributed by atoms with van der Waals surface area (Å²) in [5.41, 5.74) is 2.72. The van der Waals surface area contributed by atoms with E-state index in [0.29, 0.717) is 36.4 Å². The van der Waals surface area contributed by atoms with Gasteiger partial charge < -0.3 is 14.6 Å². The summed E-state index contributed by atoms with van der Waals surface area (Å²) in [6, 6.07) is 0. The Morgan fingerprint density at radius 3 is 1.77 bits per heavy atom. The highest BCUT2D eigenvalue weighted by atomic mass is 32.2. The predicted octanol–water partition coefficient (Wildman–Crippen LogP) is -3.53. The summed E-state index contributed by atoms with van der Waals surface area (Å²) in [4.78, 5) is 36.3. The second kappa shape index (κ2) is 11.7. The number of carbonyl (C=O) groups excluding carboxylic acids is 2. The molecule has 1 aromatic carbocycles. The number of carboxylic acids is 1. The van der Waals surface area contributed by atoms with Crippen molar-refractivity contribution in [2.45, 2.75) is 25.3 Å². The third-order valence-corrected chi connectivity index (χ3v) is 5.33. The van der Waals surface area contributed by atoms with Crippen LogP contribution in [0.5, 0.6) is 0 Å². The molecule has 0 aliphatic carbocycles. The fourth-order valence-electron chi connectivity index (χ4n) is 3.50. The van der Waals surface area contributed by atoms with Crippen LogP contribution in [0.25, 0.3) is 0 Å². The van der Waals surface area contributed by atoms with Crippen molar-refractivity contribution in [3.63, 3.8) is 0 Å². The van der Waals surface area contributed by atoms with Crippen molar-refractivity contribution in [2.24, 2.45) is 0 Å². The monoisotopic (exact) mass is 446 g/mol. The first-order chi connectivity index (χ1) is 14.5. The Morgan fingerprint density at radius 2 is 1.35 bits per heavy atom. The van der Waals surface area contributed by atoms with Gasteiger partial charge in [0.05, 0.1) is 17.0 Å². The number of hydrogen-bond acceptors (Lipinski definition) is 7. The van der Waals surface area contributed by atoms with Gasteiger partial charge in [0, 0.05) is 0 Å². The zero-order valence-corrected chi connectivity index (χ0v) is 18.7. The van der Waals surface area contributed by atoms with Crippen LogP contribution in [0.2, 0.25) is 0 Å². The zero-order chi connectivity index (χ0) is 23.8. The van der Waals surface area contributed by atoms with E-state index < -0.39 is 40.4 Å². The van der Waals surface area contributed by atoms with Crippen molar-refractivity contribution >= 4 is 59.4 Å². The third-order valence-electron chi connectivity index (χ3n) is 4.65. The van der Waals surface area contributed by atoms with Crippen LogP contribution < -0.4 is 0 Å². The number of carboxylic acid groups (broad SMARTS) is 1. The minimum absolute atomic E-state index is 0.0880. The summed E-state index contributed by atoms with van der Waals surface area (Å²) < 4.78 is 39.0. The van der Waals surface area contributed by atoms with Crippen LogP contribution in [0.15, 0.2) is 0 Å². The lowest BCUT2D eigenvalue weighted by atomic mass is 9.72. The van der Waals surface area contributed by atoms with E-state index in [1.165, 1.54) is 0 Å². The van der Waals surface area contributed by atoms with E-state index in [4.69, 9.17) is 9.29 Å². The molecule has 162 valence electrons. The number of ether oxygens (including phenoxy) is 2. The van der Waals surface area contributed by atoms with Gasteiger partial charge in [-0.3, -0.25) is 4.55 Å². The molecule has 0 amide bonds. The molecule has 0 aliphatic heterocycles. The molecule has 0 spiro atoms. The molecule has 0 radical (unpaired) electrons. The van der Waals surface area contributed by atoms with E-state index >= 15 is 0 Å². The first kappa shape index (κ1) is 26.4. The Balaban J connectivity index is 3.31. The van der Waals surface area contributed by atoms with Gasteiger partial charge in [-0.1, -0.05) is 25.3 Å². The number of benzene rings is 1. The van der Waals surface area contributed by atoms with Gasteiger partial charge in [-0.15, -0.1) is 0 Å². The lowest BCUT2D eigenvalue weighted by Crippen LogP contribution is -2.21. The smallest absolute Gasteiger partial charge is 0.387 e. The van der Waals surface area contributed by atoms with E-state index in [1.807, 2.05) is 35.6 Å². The zero-order valence-electron chi connectivity index (χ0n) is 17.9. The Hall–Kier alpha value is -2.64. The Morgan fingerprint density at radius 1 is 0.871 bits per heavy atom. The van der Waals surface area contributed by atoms with Gasteiger partial charge in [0.25, 0.3) is 10.1 Å². The topological polar surface area (TPSA) is 144 Å². The maximum atomic E-state index is 12.8. The van der Waals surface area contributed by atoms with Crippen LogP contribution in [-0.4, -0.2) is 79.7 Å². The van der Waals surface area contributed by atoms with Crippen LogP contribution in [0.1, 0.15) is 43.0 Å². The molecule has 0 saturated carbocycles. The van der Waals surface area contributed by atoms with Gasteiger partial charge in [-0.25, -0.2) is 14.4 Å². The van der Waals surface area contributed by atoms with Crippen molar-refractivity contribution in [1.29, 1.82) is 0 Å². The Kier molecular flexibility index (Phi) is 9.94. The highest BCUT2D eigenvalue weighted by molar-refractivity contribution is 7.85. The molecule has 0 aromatic heterocycles. The molecular weight excluding hydrogens is 423 g/mol. The van der Waals surface area contributed by atoms with Gasteiger partial charge in [0.15, 0.2) is 0 Å². The molecular formula is C17H22B4O9S. The van der Waals surface area contributed by atoms with E-state index in [-0.39, 0.29) is 11.1 Å². The van der Waals surface area contributed by atoms with E-state index in [0.717, 1.165) is 11.1 Å². The number of hydrogen-bond donors (Lipinski definition) is 2. The molecule has 0 unspecified atom stereocenters. The standard InChI is InChI=1S/C17H22B4O9S/c18-5-9-10(6-19)12(8-21)15(14(16(23)24)11(9)7-20)17(25)30-2-1-13(22)29-3-4-31(26,27)28/h3-8,18-21H2,(H,23,24)(H,26,27,28). The largest absolute Gasteiger partial charge is 0.478 e. The van der Waals surface area contributed by atoms with Gasteiger partial charge in [-0.05, 0) is 22.3 Å². The van der Waals surface area contributed by atoms with Crippen LogP contribution in [0, 0.1) is 12.0 Å². The van der Waals surface area contributed by atoms with Gasteiger partial charge >= 0.3 is 17.9 Å². The van der Waals surface area contributed by atoms with Crippen molar-refractivity contribution in [3.05, 3.63) is 33.4 Å². The molecule has 1 aromatic rings. The van der Waals surface area contributed by atoms with Gasteiger partial charge in [0.1, 0.15) is 49.9 Å². The quantitative estimate of drug-likeness (QED) is 0.171. The summed E-state index contributed by atoms with van der Waals surface area (Å²) in [6.45, 7) is -0.623. The first-order valence-corrected chi connectivity index (χ1v) is 11.4. The van der Waals surface area contributed by atoms with E-state index in [2.05, 4.69) is 4.74 Å². The maximum Gasteiger partial charge on any atom is 0.387 e. The van der Waals surface area contributed by atoms with Crippen molar-refractivity contribution < 1.29 is 41.9 Å². The molecule has 0 saturated heterocycles. The maximum absolute atomic E-state index is 12.8. The molecule has 14 heteroatoms. The minimum Gasteiger partial charge on any atom is -0.478 e. The normalized spacial score (nSPS) is 10.6. The summed E-state index contributed by atoms with van der Waals surface area (Å²) in [7, 11) is 3.17. The highest BCUT2D eigenvalue weighted by Gasteiger charge is 2.29. The lowest BCUT2D eigenvalue weighted by Gasteiger charge is -2.22. The highest BCUT2D eigenvalue weighted by Crippen LogP contribution is 2.30.